The molecule has 6 nitrogen and oxygen atoms in total. The van der Waals surface area contributed by atoms with Crippen LogP contribution in [0.5, 0.6) is 5.75 Å². The normalized spacial score (nSPS) is 24.3. The van der Waals surface area contributed by atoms with E-state index in [1.807, 2.05) is 29.2 Å². The SMILES string of the molecule is COc1ccccc1CC(=O)N1CC[C@H](N2CCN(C)CC2)[C@H](CCCO)C1. The first-order chi connectivity index (χ1) is 13.6. The average Bonchev–Trinajstić information content (AvgIpc) is 2.73. The van der Waals surface area contributed by atoms with E-state index < -0.39 is 0 Å². The second kappa shape index (κ2) is 10.2. The van der Waals surface area contributed by atoms with Gasteiger partial charge in [0, 0.05) is 57.5 Å². The van der Waals surface area contributed by atoms with Gasteiger partial charge in [0.25, 0.3) is 0 Å². The highest BCUT2D eigenvalue weighted by Gasteiger charge is 2.35. The maximum atomic E-state index is 13.0. The Balaban J connectivity index is 1.63. The number of likely N-dealkylation sites (tertiary alicyclic amines) is 1. The van der Waals surface area contributed by atoms with Gasteiger partial charge >= 0.3 is 0 Å². The van der Waals surface area contributed by atoms with Crippen molar-refractivity contribution < 1.29 is 14.6 Å². The van der Waals surface area contributed by atoms with E-state index in [4.69, 9.17) is 4.74 Å². The molecular weight excluding hydrogens is 354 g/mol. The molecule has 6 heteroatoms. The highest BCUT2D eigenvalue weighted by molar-refractivity contribution is 5.79. The van der Waals surface area contributed by atoms with Crippen LogP contribution in [-0.2, 0) is 11.2 Å². The summed E-state index contributed by atoms with van der Waals surface area (Å²) >= 11 is 0. The summed E-state index contributed by atoms with van der Waals surface area (Å²) in [7, 11) is 3.83. The number of carbonyl (C=O) groups is 1. The number of rotatable bonds is 7. The summed E-state index contributed by atoms with van der Waals surface area (Å²) in [6, 6.07) is 8.28. The minimum absolute atomic E-state index is 0.176. The summed E-state index contributed by atoms with van der Waals surface area (Å²) < 4.78 is 5.40. The first-order valence-corrected chi connectivity index (χ1v) is 10.6. The number of piperazine rings is 1. The summed E-state index contributed by atoms with van der Waals surface area (Å²) in [5.41, 5.74) is 0.947. The lowest BCUT2D eigenvalue weighted by Gasteiger charge is -2.46. The number of aliphatic hydroxyl groups excluding tert-OH is 1. The first kappa shape index (κ1) is 21.1. The summed E-state index contributed by atoms with van der Waals surface area (Å²) in [5, 5.41) is 9.34. The molecule has 0 unspecified atom stereocenters. The average molecular weight is 390 g/mol. The van der Waals surface area contributed by atoms with Crippen LogP contribution in [0.3, 0.4) is 0 Å². The molecule has 2 fully saturated rings. The Morgan fingerprint density at radius 2 is 1.93 bits per heavy atom. The molecule has 1 aromatic carbocycles. The van der Waals surface area contributed by atoms with E-state index in [0.29, 0.717) is 18.4 Å². The van der Waals surface area contributed by atoms with Crippen LogP contribution in [0.25, 0.3) is 0 Å². The first-order valence-electron chi connectivity index (χ1n) is 10.6. The number of hydrogen-bond acceptors (Lipinski definition) is 5. The number of methoxy groups -OCH3 is 1. The number of piperidine rings is 1. The zero-order valence-corrected chi connectivity index (χ0v) is 17.3. The molecule has 28 heavy (non-hydrogen) atoms. The third kappa shape index (κ3) is 5.25. The fraction of sp³-hybridized carbons (Fsp3) is 0.682. The third-order valence-electron chi connectivity index (χ3n) is 6.32. The van der Waals surface area contributed by atoms with Crippen LogP contribution >= 0.6 is 0 Å². The highest BCUT2D eigenvalue weighted by Crippen LogP contribution is 2.28. The third-order valence-corrected chi connectivity index (χ3v) is 6.32. The van der Waals surface area contributed by atoms with E-state index >= 15 is 0 Å². The molecule has 3 rings (SSSR count). The van der Waals surface area contributed by atoms with Crippen LogP contribution in [0.4, 0.5) is 0 Å². The van der Waals surface area contributed by atoms with Gasteiger partial charge in [-0.2, -0.15) is 0 Å². The fourth-order valence-corrected chi connectivity index (χ4v) is 4.64. The molecule has 0 spiro atoms. The maximum absolute atomic E-state index is 13.0. The Labute approximate surface area is 169 Å². The second-order valence-electron chi connectivity index (χ2n) is 8.15. The lowest BCUT2D eigenvalue weighted by Crippen LogP contribution is -2.57. The molecule has 2 aliphatic rings. The number of para-hydroxylation sites is 1. The number of aliphatic hydroxyl groups is 1. The van der Waals surface area contributed by atoms with Crippen molar-refractivity contribution in [2.75, 3.05) is 60.0 Å². The van der Waals surface area contributed by atoms with Crippen molar-refractivity contribution in [1.82, 2.24) is 14.7 Å². The predicted molar refractivity (Wildman–Crippen MR) is 111 cm³/mol. The van der Waals surface area contributed by atoms with Gasteiger partial charge in [0.1, 0.15) is 5.75 Å². The van der Waals surface area contributed by atoms with Crippen LogP contribution in [0.1, 0.15) is 24.8 Å². The molecule has 2 atom stereocenters. The summed E-state index contributed by atoms with van der Waals surface area (Å²) in [5.74, 6) is 1.39. The summed E-state index contributed by atoms with van der Waals surface area (Å²) in [6.07, 6.45) is 3.20. The van der Waals surface area contributed by atoms with Gasteiger partial charge < -0.3 is 19.6 Å². The Bertz CT molecular complexity index is 631. The van der Waals surface area contributed by atoms with Crippen LogP contribution in [-0.4, -0.2) is 91.8 Å². The highest BCUT2D eigenvalue weighted by atomic mass is 16.5. The quantitative estimate of drug-likeness (QED) is 0.766. The number of amides is 1. The van der Waals surface area contributed by atoms with Gasteiger partial charge in [0.2, 0.25) is 5.91 Å². The molecule has 0 aromatic heterocycles. The molecule has 0 radical (unpaired) electrons. The zero-order valence-electron chi connectivity index (χ0n) is 17.3. The fourth-order valence-electron chi connectivity index (χ4n) is 4.64. The van der Waals surface area contributed by atoms with Crippen molar-refractivity contribution in [2.24, 2.45) is 5.92 Å². The largest absolute Gasteiger partial charge is 0.496 e. The van der Waals surface area contributed by atoms with E-state index in [1.165, 1.54) is 0 Å². The molecule has 2 aliphatic heterocycles. The summed E-state index contributed by atoms with van der Waals surface area (Å²) in [6.45, 7) is 6.27. The lowest BCUT2D eigenvalue weighted by atomic mass is 9.86. The number of nitrogens with zero attached hydrogens (tertiary/aromatic N) is 3. The molecule has 1 aromatic rings. The number of carbonyl (C=O) groups excluding carboxylic acids is 1. The van der Waals surface area contributed by atoms with E-state index in [9.17, 15) is 9.90 Å². The van der Waals surface area contributed by atoms with E-state index in [-0.39, 0.29) is 12.5 Å². The van der Waals surface area contributed by atoms with Crippen molar-refractivity contribution in [3.05, 3.63) is 29.8 Å². The van der Waals surface area contributed by atoms with Gasteiger partial charge in [-0.25, -0.2) is 0 Å². The van der Waals surface area contributed by atoms with Crippen LogP contribution in [0.2, 0.25) is 0 Å². The van der Waals surface area contributed by atoms with E-state index in [2.05, 4.69) is 16.8 Å². The maximum Gasteiger partial charge on any atom is 0.227 e. The van der Waals surface area contributed by atoms with Gasteiger partial charge in [-0.1, -0.05) is 18.2 Å². The number of benzene rings is 1. The van der Waals surface area contributed by atoms with Gasteiger partial charge in [0.15, 0.2) is 0 Å². The molecule has 1 N–H and O–H groups in total. The van der Waals surface area contributed by atoms with Crippen LogP contribution < -0.4 is 4.74 Å². The van der Waals surface area contributed by atoms with Crippen LogP contribution in [0.15, 0.2) is 24.3 Å². The molecule has 2 saturated heterocycles. The minimum atomic E-state index is 0.176. The smallest absolute Gasteiger partial charge is 0.227 e. The number of ether oxygens (including phenoxy) is 1. The topological polar surface area (TPSA) is 56.2 Å². The monoisotopic (exact) mass is 389 g/mol. The van der Waals surface area contributed by atoms with Gasteiger partial charge in [-0.3, -0.25) is 9.69 Å². The standard InChI is InChI=1S/C22H35N3O3/c1-23-11-13-24(14-12-23)20-9-10-25(17-19(20)7-5-15-26)22(27)16-18-6-3-4-8-21(18)28-2/h3-4,6,8,19-20,26H,5,7,9-17H2,1-2H3/t19-,20+/m1/s1. The van der Waals surface area contributed by atoms with Crippen molar-refractivity contribution in [3.63, 3.8) is 0 Å². The predicted octanol–water partition coefficient (Wildman–Crippen LogP) is 1.47. The molecule has 0 saturated carbocycles. The van der Waals surface area contributed by atoms with Crippen LogP contribution in [0, 0.1) is 5.92 Å². The molecule has 2 heterocycles. The van der Waals surface area contributed by atoms with Gasteiger partial charge in [0.05, 0.1) is 13.5 Å². The molecular formula is C22H35N3O3. The Morgan fingerprint density at radius 3 is 2.64 bits per heavy atom. The molecule has 1 amide bonds. The number of hydrogen-bond donors (Lipinski definition) is 1. The minimum Gasteiger partial charge on any atom is -0.496 e. The Kier molecular flexibility index (Phi) is 7.71. The van der Waals surface area contributed by atoms with E-state index in [0.717, 1.165) is 69.8 Å². The van der Waals surface area contributed by atoms with Crippen molar-refractivity contribution in [3.8, 4) is 5.75 Å². The van der Waals surface area contributed by atoms with Crippen molar-refractivity contribution >= 4 is 5.91 Å². The van der Waals surface area contributed by atoms with E-state index in [1.54, 1.807) is 7.11 Å². The second-order valence-corrected chi connectivity index (χ2v) is 8.15. The molecule has 0 bridgehead atoms. The van der Waals surface area contributed by atoms with Crippen molar-refractivity contribution in [2.45, 2.75) is 31.7 Å². The lowest BCUT2D eigenvalue weighted by molar-refractivity contribution is -0.133. The summed E-state index contributed by atoms with van der Waals surface area (Å²) in [4.78, 5) is 20.0. The molecule has 156 valence electrons. The Hall–Kier alpha value is -1.63. The van der Waals surface area contributed by atoms with Gasteiger partial charge in [-0.15, -0.1) is 0 Å². The Morgan fingerprint density at radius 1 is 1.18 bits per heavy atom. The molecule has 0 aliphatic carbocycles. The van der Waals surface area contributed by atoms with Crippen molar-refractivity contribution in [1.29, 1.82) is 0 Å². The van der Waals surface area contributed by atoms with Gasteiger partial charge in [-0.05, 0) is 38.3 Å². The number of likely N-dealkylation sites (N-methyl/N-ethyl adjacent to an activating group) is 1. The zero-order chi connectivity index (χ0) is 19.9.